The predicted octanol–water partition coefficient (Wildman–Crippen LogP) is 3.90. The Morgan fingerprint density at radius 2 is 1.73 bits per heavy atom. The molecule has 3 N–H and O–H groups in total. The quantitative estimate of drug-likeness (QED) is 0.494. The molecule has 0 aliphatic carbocycles. The first-order chi connectivity index (χ1) is 15.1. The summed E-state index contributed by atoms with van der Waals surface area (Å²) in [7, 11) is -3.97. The smallest absolute Gasteiger partial charge is 0.476 e. The van der Waals surface area contributed by atoms with E-state index in [0.717, 1.165) is 0 Å². The zero-order chi connectivity index (χ0) is 25.3. The Morgan fingerprint density at radius 1 is 1.18 bits per heavy atom. The van der Waals surface area contributed by atoms with Crippen LogP contribution < -0.4 is 10.6 Å². The minimum atomic E-state index is -5.46. The van der Waals surface area contributed by atoms with Crippen LogP contribution in [0.3, 0.4) is 0 Å². The minimum Gasteiger partial charge on any atom is -0.480 e. The number of benzene rings is 1. The number of aromatic nitrogens is 2. The number of aliphatic carboxylic acids is 1. The number of halogens is 8. The number of amides is 2. The van der Waals surface area contributed by atoms with Gasteiger partial charge in [-0.05, 0) is 12.1 Å². The van der Waals surface area contributed by atoms with Gasteiger partial charge in [-0.2, -0.15) is 36.7 Å². The van der Waals surface area contributed by atoms with Crippen molar-refractivity contribution in [3.8, 4) is 11.8 Å². The molecule has 1 heterocycles. The summed E-state index contributed by atoms with van der Waals surface area (Å²) in [6.45, 7) is -0.995. The van der Waals surface area contributed by atoms with Gasteiger partial charge in [-0.25, -0.2) is 13.7 Å². The number of carboxylic acid groups (broad SMARTS) is 1. The summed E-state index contributed by atoms with van der Waals surface area (Å²) in [6, 6.07) is 0.483. The summed E-state index contributed by atoms with van der Waals surface area (Å²) in [6.07, 6.45) is -4.91. The molecule has 1 aromatic carbocycles. The van der Waals surface area contributed by atoms with Crippen molar-refractivity contribution in [2.75, 3.05) is 11.9 Å². The van der Waals surface area contributed by atoms with Crippen molar-refractivity contribution in [3.63, 3.8) is 0 Å². The molecule has 1 aromatic heterocycles. The largest absolute Gasteiger partial charge is 0.480 e. The van der Waals surface area contributed by atoms with E-state index in [4.69, 9.17) is 33.6 Å². The zero-order valence-corrected chi connectivity index (χ0v) is 17.6. The average Bonchev–Trinajstić information content (AvgIpc) is 3.01. The Balaban J connectivity index is 2.79. The second kappa shape index (κ2) is 9.45. The molecule has 1 unspecified atom stereocenters. The van der Waals surface area contributed by atoms with Gasteiger partial charge in [0.1, 0.15) is 23.2 Å². The van der Waals surface area contributed by atoms with E-state index in [0.29, 0.717) is 12.1 Å². The van der Waals surface area contributed by atoms with Gasteiger partial charge >= 0.3 is 23.7 Å². The molecule has 178 valence electrons. The summed E-state index contributed by atoms with van der Waals surface area (Å²) in [5, 5.41) is 23.1. The number of nitrogens with zero attached hydrogens (tertiary/aromatic N) is 3. The van der Waals surface area contributed by atoms with Gasteiger partial charge in [0.15, 0.2) is 22.3 Å². The fourth-order valence-electron chi connectivity index (χ4n) is 2.28. The lowest BCUT2D eigenvalue weighted by molar-refractivity contribution is -0.137. The zero-order valence-electron chi connectivity index (χ0n) is 15.3. The number of urea groups is 1. The van der Waals surface area contributed by atoms with Gasteiger partial charge in [-0.15, -0.1) is 0 Å². The standard InChI is InChI=1S/C15H7Cl2F6N5O4S/c16-6-1-5(14(18,19)20)2-7(17)10(6)28-12(26-13(31)25-4-9(29)30)11(8(3-24)27-28)33(32)15(21,22)23/h1-2H,4H2,(H,29,30)(H2,25,26,31). The molecule has 2 rings (SSSR count). The number of carbonyl (C=O) groups excluding carboxylic acids is 1. The van der Waals surface area contributed by atoms with Gasteiger partial charge in [0, 0.05) is 0 Å². The van der Waals surface area contributed by atoms with Crippen LogP contribution in [-0.2, 0) is 21.8 Å². The van der Waals surface area contributed by atoms with Gasteiger partial charge in [0.2, 0.25) is 0 Å². The molecule has 18 heteroatoms. The van der Waals surface area contributed by atoms with Crippen molar-refractivity contribution >= 4 is 51.8 Å². The van der Waals surface area contributed by atoms with Crippen LogP contribution >= 0.6 is 23.2 Å². The van der Waals surface area contributed by atoms with Gasteiger partial charge in [-0.3, -0.25) is 10.1 Å². The SMILES string of the molecule is N#Cc1nn(-c2c(Cl)cc(C(F)(F)F)cc2Cl)c(NC(=O)NCC(=O)O)c1S(=O)C(F)(F)F. The van der Waals surface area contributed by atoms with Crippen LogP contribution in [0.1, 0.15) is 11.3 Å². The van der Waals surface area contributed by atoms with Gasteiger partial charge in [0.25, 0.3) is 0 Å². The van der Waals surface area contributed by atoms with E-state index in [-0.39, 0.29) is 4.68 Å². The van der Waals surface area contributed by atoms with Gasteiger partial charge < -0.3 is 10.4 Å². The van der Waals surface area contributed by atoms with Crippen molar-refractivity contribution in [1.82, 2.24) is 15.1 Å². The summed E-state index contributed by atoms with van der Waals surface area (Å²) < 4.78 is 90.7. The van der Waals surface area contributed by atoms with Crippen LogP contribution in [0.25, 0.3) is 5.69 Å². The van der Waals surface area contributed by atoms with Crippen LogP contribution in [0.5, 0.6) is 0 Å². The van der Waals surface area contributed by atoms with E-state index >= 15 is 0 Å². The third-order valence-electron chi connectivity index (χ3n) is 3.53. The van der Waals surface area contributed by atoms with Crippen LogP contribution in [-0.4, -0.2) is 43.1 Å². The third-order valence-corrected chi connectivity index (χ3v) is 5.29. The number of nitriles is 1. The topological polar surface area (TPSA) is 137 Å². The van der Waals surface area contributed by atoms with Crippen molar-refractivity contribution in [2.24, 2.45) is 0 Å². The maximum atomic E-state index is 13.1. The summed E-state index contributed by atoms with van der Waals surface area (Å²) in [5.74, 6) is -2.64. The Labute approximate surface area is 191 Å². The highest BCUT2D eigenvalue weighted by Gasteiger charge is 2.43. The summed E-state index contributed by atoms with van der Waals surface area (Å²) in [5.41, 5.74) is -8.61. The maximum absolute atomic E-state index is 13.1. The molecule has 2 amide bonds. The minimum absolute atomic E-state index is 0.280. The Kier molecular flexibility index (Phi) is 7.51. The number of nitrogens with one attached hydrogen (secondary N) is 2. The third kappa shape index (κ3) is 5.86. The van der Waals surface area contributed by atoms with Crippen molar-refractivity contribution in [1.29, 1.82) is 5.26 Å². The molecule has 0 radical (unpaired) electrons. The second-order valence-corrected chi connectivity index (χ2v) is 7.98. The molecule has 0 saturated carbocycles. The molecule has 0 aliphatic rings. The summed E-state index contributed by atoms with van der Waals surface area (Å²) >= 11 is 11.7. The molecule has 0 fully saturated rings. The first-order valence-corrected chi connectivity index (χ1v) is 9.83. The number of anilines is 1. The first kappa shape index (κ1) is 26.2. The highest BCUT2D eigenvalue weighted by atomic mass is 35.5. The van der Waals surface area contributed by atoms with Gasteiger partial charge in [0.05, 0.1) is 15.6 Å². The number of hydrogen-bond acceptors (Lipinski definition) is 5. The molecule has 1 atom stereocenters. The fraction of sp³-hybridized carbons (Fsp3) is 0.200. The fourth-order valence-corrected chi connectivity index (χ4v) is 3.73. The molecule has 0 aliphatic heterocycles. The van der Waals surface area contributed by atoms with Crippen LogP contribution in [0.4, 0.5) is 37.0 Å². The van der Waals surface area contributed by atoms with E-state index in [1.807, 2.05) is 0 Å². The maximum Gasteiger partial charge on any atom is 0.476 e. The molecule has 2 aromatic rings. The molecular formula is C15H7Cl2F6N5O4S. The van der Waals surface area contributed by atoms with Crippen LogP contribution in [0.2, 0.25) is 10.0 Å². The molecule has 9 nitrogen and oxygen atoms in total. The molecule has 0 bridgehead atoms. The van der Waals surface area contributed by atoms with E-state index in [2.05, 4.69) is 5.10 Å². The van der Waals surface area contributed by atoms with Crippen molar-refractivity contribution in [2.45, 2.75) is 16.6 Å². The normalized spacial score (nSPS) is 12.7. The number of hydrogen-bond donors (Lipinski definition) is 3. The summed E-state index contributed by atoms with van der Waals surface area (Å²) in [4.78, 5) is 21.2. The van der Waals surface area contributed by atoms with Crippen LogP contribution in [0.15, 0.2) is 17.0 Å². The molecule has 0 saturated heterocycles. The molecule has 0 spiro atoms. The van der Waals surface area contributed by atoms with Gasteiger partial charge in [-0.1, -0.05) is 23.2 Å². The molecule has 33 heavy (non-hydrogen) atoms. The van der Waals surface area contributed by atoms with Crippen LogP contribution in [0, 0.1) is 11.3 Å². The second-order valence-electron chi connectivity index (χ2n) is 5.75. The number of carbonyl (C=O) groups is 2. The lowest BCUT2D eigenvalue weighted by atomic mass is 10.2. The first-order valence-electron chi connectivity index (χ1n) is 7.92. The number of carboxylic acids is 1. The number of alkyl halides is 6. The van der Waals surface area contributed by atoms with E-state index in [1.54, 1.807) is 10.6 Å². The Hall–Kier alpha value is -3.03. The van der Waals surface area contributed by atoms with Crippen molar-refractivity contribution < 1.29 is 45.2 Å². The monoisotopic (exact) mass is 537 g/mol. The Bertz CT molecular complexity index is 1170. The van der Waals surface area contributed by atoms with E-state index in [1.165, 1.54) is 6.07 Å². The average molecular weight is 538 g/mol. The predicted molar refractivity (Wildman–Crippen MR) is 100 cm³/mol. The molecular weight excluding hydrogens is 531 g/mol. The highest BCUT2D eigenvalue weighted by molar-refractivity contribution is 7.86. The lowest BCUT2D eigenvalue weighted by Gasteiger charge is -2.16. The lowest BCUT2D eigenvalue weighted by Crippen LogP contribution is -2.34. The number of rotatable bonds is 5. The van der Waals surface area contributed by atoms with E-state index < -0.39 is 78.7 Å². The van der Waals surface area contributed by atoms with Crippen molar-refractivity contribution in [3.05, 3.63) is 33.4 Å². The Morgan fingerprint density at radius 3 is 2.15 bits per heavy atom. The van der Waals surface area contributed by atoms with E-state index in [9.17, 15) is 40.1 Å². The highest BCUT2D eigenvalue weighted by Crippen LogP contribution is 2.41.